The Morgan fingerprint density at radius 3 is 2.62 bits per heavy atom. The molecule has 1 heterocycles. The maximum atomic E-state index is 12.3. The predicted octanol–water partition coefficient (Wildman–Crippen LogP) is 2.88. The van der Waals surface area contributed by atoms with E-state index >= 15 is 0 Å². The second kappa shape index (κ2) is 7.29. The van der Waals surface area contributed by atoms with Crippen molar-refractivity contribution in [2.24, 2.45) is 5.92 Å². The summed E-state index contributed by atoms with van der Waals surface area (Å²) in [5, 5.41) is 0.652. The molecule has 0 unspecified atom stereocenters. The first-order chi connectivity index (χ1) is 9.95. The van der Waals surface area contributed by atoms with Crippen LogP contribution in [0.4, 0.5) is 0 Å². The molecule has 0 spiro atoms. The van der Waals surface area contributed by atoms with E-state index in [2.05, 4.69) is 4.72 Å². The normalized spacial score (nSPS) is 23.2. The van der Waals surface area contributed by atoms with Gasteiger partial charge in [-0.3, -0.25) is 0 Å². The fourth-order valence-electron chi connectivity index (χ4n) is 2.67. The quantitative estimate of drug-likeness (QED) is 0.887. The lowest BCUT2D eigenvalue weighted by Gasteiger charge is -2.31. The third kappa shape index (κ3) is 4.11. The molecular weight excluding hydrogens is 333 g/mol. The fraction of sp³-hybridized carbons (Fsp3) is 0.571. The molecule has 0 bridgehead atoms. The number of benzene rings is 1. The molecule has 7 heteroatoms. The van der Waals surface area contributed by atoms with Gasteiger partial charge < -0.3 is 4.74 Å². The molecule has 1 aromatic carbocycles. The van der Waals surface area contributed by atoms with Crippen molar-refractivity contribution in [3.8, 4) is 0 Å². The minimum atomic E-state index is -3.34. The number of hydrogen-bond donors (Lipinski definition) is 1. The van der Waals surface area contributed by atoms with E-state index in [1.807, 2.05) is 0 Å². The van der Waals surface area contributed by atoms with Crippen LogP contribution in [0.25, 0.3) is 0 Å². The van der Waals surface area contributed by atoms with Crippen molar-refractivity contribution in [2.45, 2.75) is 25.0 Å². The lowest BCUT2D eigenvalue weighted by Crippen LogP contribution is -2.44. The predicted molar refractivity (Wildman–Crippen MR) is 85.5 cm³/mol. The highest BCUT2D eigenvalue weighted by atomic mass is 35.5. The molecule has 1 aliphatic heterocycles. The summed E-state index contributed by atoms with van der Waals surface area (Å²) in [6, 6.07) is 5.30. The number of halogens is 2. The summed E-state index contributed by atoms with van der Waals surface area (Å²) in [5.41, 5.74) is 0.785. The van der Waals surface area contributed by atoms with Crippen molar-refractivity contribution < 1.29 is 13.2 Å². The number of rotatable bonds is 5. The molecule has 4 nitrogen and oxygen atoms in total. The van der Waals surface area contributed by atoms with E-state index in [1.165, 1.54) is 0 Å². The maximum Gasteiger partial charge on any atom is 0.214 e. The van der Waals surface area contributed by atoms with E-state index in [0.29, 0.717) is 42.6 Å². The molecule has 0 amide bonds. The highest BCUT2D eigenvalue weighted by molar-refractivity contribution is 7.90. The van der Waals surface area contributed by atoms with Crippen molar-refractivity contribution in [1.29, 1.82) is 0 Å². The van der Waals surface area contributed by atoms with Gasteiger partial charge in [-0.05, 0) is 30.5 Å². The van der Waals surface area contributed by atoms with Crippen molar-refractivity contribution in [2.75, 3.05) is 19.8 Å². The Labute approximate surface area is 135 Å². The minimum absolute atomic E-state index is 0.153. The second-order valence-electron chi connectivity index (χ2n) is 5.11. The summed E-state index contributed by atoms with van der Waals surface area (Å²) < 4.78 is 32.7. The van der Waals surface area contributed by atoms with Crippen LogP contribution in [0.1, 0.15) is 18.9 Å². The summed E-state index contributed by atoms with van der Waals surface area (Å²) in [6.45, 7) is 3.02. The SMILES string of the molecule is CCNS(=O)(=O)[C@@H]1CCOC[C@@H]1Cc1c(Cl)cccc1Cl. The Morgan fingerprint density at radius 2 is 2.00 bits per heavy atom. The van der Waals surface area contributed by atoms with Gasteiger partial charge in [-0.15, -0.1) is 0 Å². The summed E-state index contributed by atoms with van der Waals surface area (Å²) >= 11 is 12.4. The molecule has 21 heavy (non-hydrogen) atoms. The summed E-state index contributed by atoms with van der Waals surface area (Å²) in [5.74, 6) is -0.153. The van der Waals surface area contributed by atoms with E-state index < -0.39 is 15.3 Å². The average Bonchev–Trinajstić information content (AvgIpc) is 2.43. The molecule has 0 aliphatic carbocycles. The molecule has 1 aliphatic rings. The topological polar surface area (TPSA) is 55.4 Å². The molecular formula is C14H19Cl2NO3S. The smallest absolute Gasteiger partial charge is 0.214 e. The largest absolute Gasteiger partial charge is 0.381 e. The number of hydrogen-bond acceptors (Lipinski definition) is 3. The zero-order valence-electron chi connectivity index (χ0n) is 11.8. The summed E-state index contributed by atoms with van der Waals surface area (Å²) in [4.78, 5) is 0. The first-order valence-corrected chi connectivity index (χ1v) is 9.25. The van der Waals surface area contributed by atoms with Crippen molar-refractivity contribution in [1.82, 2.24) is 4.72 Å². The van der Waals surface area contributed by atoms with Gasteiger partial charge in [0.05, 0.1) is 11.9 Å². The fourth-order valence-corrected chi connectivity index (χ4v) is 4.93. The molecule has 1 saturated heterocycles. The lowest BCUT2D eigenvalue weighted by molar-refractivity contribution is 0.0570. The molecule has 1 aromatic rings. The second-order valence-corrected chi connectivity index (χ2v) is 7.91. The van der Waals surface area contributed by atoms with Crippen LogP contribution in [0.2, 0.25) is 10.0 Å². The van der Waals surface area contributed by atoms with E-state index in [9.17, 15) is 8.42 Å². The van der Waals surface area contributed by atoms with Crippen LogP contribution in [0.3, 0.4) is 0 Å². The van der Waals surface area contributed by atoms with Gasteiger partial charge in [-0.1, -0.05) is 36.2 Å². The van der Waals surface area contributed by atoms with E-state index in [-0.39, 0.29) is 5.92 Å². The standard InChI is InChI=1S/C14H19Cl2NO3S/c1-2-17-21(18,19)14-6-7-20-9-10(14)8-11-12(15)4-3-5-13(11)16/h3-5,10,14,17H,2,6-9H2,1H3/t10-,14+/m0/s1. The molecule has 0 aromatic heterocycles. The van der Waals surface area contributed by atoms with Gasteiger partial charge in [0.15, 0.2) is 0 Å². The molecule has 1 fully saturated rings. The molecule has 0 saturated carbocycles. The Morgan fingerprint density at radius 1 is 1.33 bits per heavy atom. The number of ether oxygens (including phenoxy) is 1. The highest BCUT2D eigenvalue weighted by Crippen LogP contribution is 2.31. The Balaban J connectivity index is 2.24. The van der Waals surface area contributed by atoms with E-state index in [4.69, 9.17) is 27.9 Å². The Hall–Kier alpha value is -0.330. The van der Waals surface area contributed by atoms with Gasteiger partial charge in [-0.25, -0.2) is 13.1 Å². The summed E-state index contributed by atoms with van der Waals surface area (Å²) in [6.07, 6.45) is 0.982. The lowest BCUT2D eigenvalue weighted by atomic mass is 9.93. The van der Waals surface area contributed by atoms with Crippen molar-refractivity contribution in [3.63, 3.8) is 0 Å². The molecule has 1 N–H and O–H groups in total. The minimum Gasteiger partial charge on any atom is -0.381 e. The van der Waals surface area contributed by atoms with Crippen LogP contribution >= 0.6 is 23.2 Å². The number of sulfonamides is 1. The van der Waals surface area contributed by atoms with Gasteiger partial charge >= 0.3 is 0 Å². The van der Waals surface area contributed by atoms with Gasteiger partial charge in [0.2, 0.25) is 10.0 Å². The third-order valence-corrected chi connectivity index (χ3v) is 6.49. The van der Waals surface area contributed by atoms with E-state index in [1.54, 1.807) is 25.1 Å². The van der Waals surface area contributed by atoms with Crippen LogP contribution in [-0.2, 0) is 21.2 Å². The molecule has 2 rings (SSSR count). The van der Waals surface area contributed by atoms with Crippen LogP contribution in [0.5, 0.6) is 0 Å². The zero-order chi connectivity index (χ0) is 15.5. The van der Waals surface area contributed by atoms with Crippen LogP contribution < -0.4 is 4.72 Å². The molecule has 2 atom stereocenters. The van der Waals surface area contributed by atoms with Gasteiger partial charge in [0.25, 0.3) is 0 Å². The van der Waals surface area contributed by atoms with E-state index in [0.717, 1.165) is 5.56 Å². The highest BCUT2D eigenvalue weighted by Gasteiger charge is 2.36. The van der Waals surface area contributed by atoms with Crippen molar-refractivity contribution in [3.05, 3.63) is 33.8 Å². The van der Waals surface area contributed by atoms with Gasteiger partial charge in [-0.2, -0.15) is 0 Å². The maximum absolute atomic E-state index is 12.3. The molecule has 118 valence electrons. The van der Waals surface area contributed by atoms with Crippen molar-refractivity contribution >= 4 is 33.2 Å². The third-order valence-electron chi connectivity index (χ3n) is 3.68. The monoisotopic (exact) mass is 351 g/mol. The summed E-state index contributed by atoms with van der Waals surface area (Å²) in [7, 11) is -3.34. The van der Waals surface area contributed by atoms with Crippen LogP contribution in [0.15, 0.2) is 18.2 Å². The van der Waals surface area contributed by atoms with Crippen LogP contribution in [0, 0.1) is 5.92 Å². The molecule has 0 radical (unpaired) electrons. The first kappa shape index (κ1) is 17.0. The zero-order valence-corrected chi connectivity index (χ0v) is 14.1. The first-order valence-electron chi connectivity index (χ1n) is 6.94. The van der Waals surface area contributed by atoms with Gasteiger partial charge in [0, 0.05) is 29.1 Å². The Kier molecular flexibility index (Phi) is 5.91. The van der Waals surface area contributed by atoms with Crippen LogP contribution in [-0.4, -0.2) is 33.4 Å². The van der Waals surface area contributed by atoms with Gasteiger partial charge in [0.1, 0.15) is 0 Å². The Bertz CT molecular complexity index is 572. The number of nitrogens with one attached hydrogen (secondary N) is 1. The average molecular weight is 352 g/mol.